The van der Waals surface area contributed by atoms with E-state index in [1.54, 1.807) is 60.0 Å². The molecule has 0 aliphatic rings. The van der Waals surface area contributed by atoms with Crippen molar-refractivity contribution < 1.29 is 14.7 Å². The van der Waals surface area contributed by atoms with Gasteiger partial charge in [0.1, 0.15) is 0 Å². The molecule has 0 aliphatic heterocycles. The van der Waals surface area contributed by atoms with Crippen molar-refractivity contribution in [3.05, 3.63) is 87.1 Å². The highest BCUT2D eigenvalue weighted by Crippen LogP contribution is 2.19. The molecule has 0 radical (unpaired) electrons. The summed E-state index contributed by atoms with van der Waals surface area (Å²) in [5, 5.41) is 19.8. The van der Waals surface area contributed by atoms with E-state index in [1.165, 1.54) is 11.3 Å². The lowest BCUT2D eigenvalue weighted by molar-refractivity contribution is 0.0917. The Hall–Kier alpha value is -2.67. The molecule has 1 heterocycles. The largest absolute Gasteiger partial charge is 0.387 e. The summed E-state index contributed by atoms with van der Waals surface area (Å²) >= 11 is 7.26. The van der Waals surface area contributed by atoms with E-state index in [1.807, 2.05) is 5.38 Å². The summed E-state index contributed by atoms with van der Waals surface area (Å²) < 4.78 is 0. The monoisotopic (exact) mass is 400 g/mol. The molecule has 0 aliphatic carbocycles. The van der Waals surface area contributed by atoms with E-state index >= 15 is 0 Å². The molecule has 27 heavy (non-hydrogen) atoms. The minimum atomic E-state index is -0.862. The van der Waals surface area contributed by atoms with Gasteiger partial charge in [-0.25, -0.2) is 0 Å². The topological polar surface area (TPSA) is 78.4 Å². The van der Waals surface area contributed by atoms with Gasteiger partial charge in [0, 0.05) is 16.9 Å². The average molecular weight is 401 g/mol. The highest BCUT2D eigenvalue weighted by molar-refractivity contribution is 7.08. The number of amides is 2. The summed E-state index contributed by atoms with van der Waals surface area (Å²) in [7, 11) is 0. The maximum absolute atomic E-state index is 12.5. The third kappa shape index (κ3) is 4.95. The lowest BCUT2D eigenvalue weighted by Gasteiger charge is -2.14. The van der Waals surface area contributed by atoms with Crippen molar-refractivity contribution in [1.82, 2.24) is 5.32 Å². The molecule has 1 aromatic heterocycles. The van der Waals surface area contributed by atoms with Crippen molar-refractivity contribution in [2.75, 3.05) is 11.9 Å². The highest BCUT2D eigenvalue weighted by atomic mass is 35.5. The van der Waals surface area contributed by atoms with Gasteiger partial charge in [-0.3, -0.25) is 9.59 Å². The maximum Gasteiger partial charge on any atom is 0.256 e. The molecule has 3 N–H and O–H groups in total. The lowest BCUT2D eigenvalue weighted by Crippen LogP contribution is -2.29. The molecule has 138 valence electrons. The van der Waals surface area contributed by atoms with Gasteiger partial charge < -0.3 is 15.7 Å². The van der Waals surface area contributed by atoms with Crippen molar-refractivity contribution in [2.45, 2.75) is 6.10 Å². The molecule has 0 saturated heterocycles. The first-order valence-electron chi connectivity index (χ1n) is 8.19. The quantitative estimate of drug-likeness (QED) is 0.582. The molecule has 0 spiro atoms. The second-order valence-electron chi connectivity index (χ2n) is 5.79. The van der Waals surface area contributed by atoms with Crippen LogP contribution in [0.2, 0.25) is 5.02 Å². The zero-order valence-corrected chi connectivity index (χ0v) is 15.8. The Balaban J connectivity index is 1.66. The first-order valence-corrected chi connectivity index (χ1v) is 9.51. The van der Waals surface area contributed by atoms with Crippen LogP contribution in [-0.4, -0.2) is 23.5 Å². The van der Waals surface area contributed by atoms with Crippen molar-refractivity contribution in [3.8, 4) is 0 Å². The number of aliphatic hydroxyl groups excluding tert-OH is 1. The van der Waals surface area contributed by atoms with Crippen LogP contribution in [0.3, 0.4) is 0 Å². The second kappa shape index (κ2) is 8.81. The lowest BCUT2D eigenvalue weighted by atomic mass is 10.1. The average Bonchev–Trinajstić information content (AvgIpc) is 3.22. The molecule has 2 aromatic carbocycles. The number of halogens is 1. The Morgan fingerprint density at radius 2 is 1.78 bits per heavy atom. The summed E-state index contributed by atoms with van der Waals surface area (Å²) in [4.78, 5) is 24.8. The maximum atomic E-state index is 12.5. The molecule has 0 saturated carbocycles. The van der Waals surface area contributed by atoms with Gasteiger partial charge in [-0.2, -0.15) is 11.3 Å². The van der Waals surface area contributed by atoms with E-state index in [-0.39, 0.29) is 18.4 Å². The second-order valence-corrected chi connectivity index (χ2v) is 7.01. The van der Waals surface area contributed by atoms with Gasteiger partial charge in [-0.05, 0) is 41.3 Å². The fraction of sp³-hybridized carbons (Fsp3) is 0.100. The van der Waals surface area contributed by atoms with Crippen LogP contribution < -0.4 is 10.6 Å². The summed E-state index contributed by atoms with van der Waals surface area (Å²) in [5.74, 6) is -0.665. The minimum absolute atomic E-state index is 0.0350. The number of aliphatic hydroxyl groups is 1. The number of thiophene rings is 1. The Kier molecular flexibility index (Phi) is 6.24. The summed E-state index contributed by atoms with van der Waals surface area (Å²) in [6.45, 7) is 0.0350. The first-order chi connectivity index (χ1) is 13.0. The van der Waals surface area contributed by atoms with Gasteiger partial charge in [-0.15, -0.1) is 0 Å². The zero-order chi connectivity index (χ0) is 19.2. The van der Waals surface area contributed by atoms with Crippen LogP contribution in [0.1, 0.15) is 32.4 Å². The van der Waals surface area contributed by atoms with Gasteiger partial charge in [0.25, 0.3) is 11.8 Å². The van der Waals surface area contributed by atoms with E-state index in [2.05, 4.69) is 10.6 Å². The molecule has 2 amide bonds. The van der Waals surface area contributed by atoms with Gasteiger partial charge in [0.2, 0.25) is 0 Å². The molecule has 0 bridgehead atoms. The number of hydrogen-bond donors (Lipinski definition) is 3. The molecular weight excluding hydrogens is 384 g/mol. The summed E-state index contributed by atoms with van der Waals surface area (Å²) in [6, 6.07) is 15.2. The zero-order valence-electron chi connectivity index (χ0n) is 14.2. The smallest absolute Gasteiger partial charge is 0.256 e. The van der Waals surface area contributed by atoms with Gasteiger partial charge in [-0.1, -0.05) is 35.9 Å². The molecule has 1 unspecified atom stereocenters. The normalized spacial score (nSPS) is 11.6. The van der Waals surface area contributed by atoms with Crippen molar-refractivity contribution >= 4 is 40.4 Å². The van der Waals surface area contributed by atoms with Gasteiger partial charge in [0.05, 0.1) is 22.9 Å². The first kappa shape index (κ1) is 19.1. The van der Waals surface area contributed by atoms with Gasteiger partial charge >= 0.3 is 0 Å². The highest BCUT2D eigenvalue weighted by Gasteiger charge is 2.16. The van der Waals surface area contributed by atoms with E-state index in [0.29, 0.717) is 27.4 Å². The van der Waals surface area contributed by atoms with E-state index in [0.717, 1.165) is 0 Å². The number of benzene rings is 2. The molecule has 5 nitrogen and oxygen atoms in total. The SMILES string of the molecule is O=C(Nc1ccccc1C(=O)NCC(O)c1ccc(Cl)cc1)c1ccsc1. The Labute approximate surface area is 165 Å². The Bertz CT molecular complexity index is 927. The van der Waals surface area contributed by atoms with E-state index in [4.69, 9.17) is 11.6 Å². The van der Waals surface area contributed by atoms with Crippen LogP contribution in [0, 0.1) is 0 Å². The van der Waals surface area contributed by atoms with Crippen LogP contribution in [0.25, 0.3) is 0 Å². The fourth-order valence-electron chi connectivity index (χ4n) is 2.47. The number of hydrogen-bond acceptors (Lipinski definition) is 4. The fourth-order valence-corrected chi connectivity index (χ4v) is 3.23. The molecule has 0 fully saturated rings. The third-order valence-electron chi connectivity index (χ3n) is 3.91. The van der Waals surface area contributed by atoms with Crippen LogP contribution >= 0.6 is 22.9 Å². The standard InChI is InChI=1S/C20H17ClN2O3S/c21-15-7-5-13(6-8-15)18(24)11-22-20(26)16-3-1-2-4-17(16)23-19(25)14-9-10-27-12-14/h1-10,12,18,24H,11H2,(H,22,26)(H,23,25). The number of anilines is 1. The number of carbonyl (C=O) groups is 2. The predicted molar refractivity (Wildman–Crippen MR) is 107 cm³/mol. The van der Waals surface area contributed by atoms with Crippen molar-refractivity contribution in [3.63, 3.8) is 0 Å². The number of rotatable bonds is 6. The van der Waals surface area contributed by atoms with Crippen molar-refractivity contribution in [1.29, 1.82) is 0 Å². The molecule has 3 aromatic rings. The van der Waals surface area contributed by atoms with Gasteiger partial charge in [0.15, 0.2) is 0 Å². The van der Waals surface area contributed by atoms with Crippen LogP contribution in [-0.2, 0) is 0 Å². The Morgan fingerprint density at radius 3 is 2.48 bits per heavy atom. The summed E-state index contributed by atoms with van der Waals surface area (Å²) in [5.41, 5.74) is 1.92. The molecule has 7 heteroatoms. The van der Waals surface area contributed by atoms with E-state index < -0.39 is 6.10 Å². The molecule has 1 atom stereocenters. The number of carbonyl (C=O) groups excluding carboxylic acids is 2. The minimum Gasteiger partial charge on any atom is -0.387 e. The van der Waals surface area contributed by atoms with Crippen LogP contribution in [0.5, 0.6) is 0 Å². The van der Waals surface area contributed by atoms with E-state index in [9.17, 15) is 14.7 Å². The predicted octanol–water partition coefficient (Wildman–Crippen LogP) is 4.12. The third-order valence-corrected chi connectivity index (χ3v) is 4.85. The van der Waals surface area contributed by atoms with Crippen LogP contribution in [0.4, 0.5) is 5.69 Å². The van der Waals surface area contributed by atoms with Crippen molar-refractivity contribution in [2.24, 2.45) is 0 Å². The Morgan fingerprint density at radius 1 is 1.04 bits per heavy atom. The number of para-hydroxylation sites is 1. The molecular formula is C20H17ClN2O3S. The molecule has 3 rings (SSSR count). The number of nitrogens with one attached hydrogen (secondary N) is 2. The van der Waals surface area contributed by atoms with Crippen LogP contribution in [0.15, 0.2) is 65.4 Å². The summed E-state index contributed by atoms with van der Waals surface area (Å²) in [6.07, 6.45) is -0.862.